The van der Waals surface area contributed by atoms with E-state index in [4.69, 9.17) is 27.8 Å². The molecule has 0 amide bonds. The Hall–Kier alpha value is -2.81. The van der Waals surface area contributed by atoms with Crippen molar-refractivity contribution in [2.24, 2.45) is 21.5 Å². The number of guanidine groups is 1. The van der Waals surface area contributed by atoms with Crippen molar-refractivity contribution in [2.75, 3.05) is 44.7 Å². The number of nitrogens with one attached hydrogen (secondary N) is 1. The van der Waals surface area contributed by atoms with Crippen molar-refractivity contribution in [3.8, 4) is 5.75 Å². The number of amidine groups is 1. The van der Waals surface area contributed by atoms with E-state index in [1.165, 1.54) is 5.69 Å². The maximum atomic E-state index is 6.52. The summed E-state index contributed by atoms with van der Waals surface area (Å²) >= 11 is 6.29. The highest BCUT2D eigenvalue weighted by atomic mass is 35.5. The first-order valence-corrected chi connectivity index (χ1v) is 10.6. The van der Waals surface area contributed by atoms with Gasteiger partial charge in [0.05, 0.1) is 13.7 Å². The molecule has 0 bridgehead atoms. The van der Waals surface area contributed by atoms with Crippen molar-refractivity contribution in [3.05, 3.63) is 58.6 Å². The maximum absolute atomic E-state index is 6.52. The highest BCUT2D eigenvalue weighted by Crippen LogP contribution is 2.28. The number of anilines is 1. The molecule has 2 aromatic carbocycles. The van der Waals surface area contributed by atoms with Gasteiger partial charge >= 0.3 is 0 Å². The molecule has 0 radical (unpaired) electrons. The number of aryl methyl sites for hydroxylation is 1. The van der Waals surface area contributed by atoms with Crippen molar-refractivity contribution in [3.63, 3.8) is 0 Å². The van der Waals surface area contributed by atoms with Crippen LogP contribution in [0.25, 0.3) is 0 Å². The summed E-state index contributed by atoms with van der Waals surface area (Å²) in [5.74, 6) is 0.524. The zero-order valence-corrected chi connectivity index (χ0v) is 18.6. The van der Waals surface area contributed by atoms with E-state index in [-0.39, 0.29) is 5.96 Å². The zero-order chi connectivity index (χ0) is 22.0. The molecule has 31 heavy (non-hydrogen) atoms. The monoisotopic (exact) mass is 441 g/mol. The van der Waals surface area contributed by atoms with Crippen LogP contribution in [0.3, 0.4) is 0 Å². The molecule has 1 fully saturated rings. The lowest BCUT2D eigenvalue weighted by atomic mass is 10.1. The Labute approximate surface area is 187 Å². The number of hydrogen-bond acceptors (Lipinski definition) is 8. The molecular weight excluding hydrogens is 414 g/mol. The molecule has 0 saturated carbocycles. The zero-order valence-electron chi connectivity index (χ0n) is 17.8. The quantitative estimate of drug-likeness (QED) is 0.654. The average Bonchev–Trinajstić information content (AvgIpc) is 2.75. The van der Waals surface area contributed by atoms with Gasteiger partial charge in [-0.25, -0.2) is 9.98 Å². The minimum Gasteiger partial charge on any atom is -0.497 e. The van der Waals surface area contributed by atoms with Crippen LogP contribution in [0, 0.1) is 6.92 Å². The van der Waals surface area contributed by atoms with Gasteiger partial charge in [-0.2, -0.15) is 0 Å². The molecule has 2 aliphatic rings. The summed E-state index contributed by atoms with van der Waals surface area (Å²) in [6, 6.07) is 13.7. The topological polar surface area (TPSA) is 104 Å². The van der Waals surface area contributed by atoms with E-state index in [2.05, 4.69) is 37.2 Å². The Morgan fingerprint density at radius 2 is 1.90 bits per heavy atom. The smallest absolute Gasteiger partial charge is 0.234 e. The van der Waals surface area contributed by atoms with Crippen molar-refractivity contribution < 1.29 is 4.74 Å². The van der Waals surface area contributed by atoms with Crippen molar-refractivity contribution in [1.82, 2.24) is 10.2 Å². The van der Waals surface area contributed by atoms with Crippen LogP contribution in [0.2, 0.25) is 5.02 Å². The second-order valence-electron chi connectivity index (χ2n) is 7.84. The van der Waals surface area contributed by atoms with Crippen molar-refractivity contribution in [2.45, 2.75) is 12.7 Å². The summed E-state index contributed by atoms with van der Waals surface area (Å²) in [4.78, 5) is 13.7. The molecular formula is C22H28ClN7O. The number of methoxy groups -OCH3 is 1. The Morgan fingerprint density at radius 3 is 2.61 bits per heavy atom. The number of nitrogens with two attached hydrogens (primary N) is 2. The van der Waals surface area contributed by atoms with Crippen LogP contribution in [-0.4, -0.2) is 56.5 Å². The van der Waals surface area contributed by atoms with Crippen molar-refractivity contribution in [1.29, 1.82) is 0 Å². The van der Waals surface area contributed by atoms with Crippen molar-refractivity contribution >= 4 is 29.1 Å². The van der Waals surface area contributed by atoms with E-state index in [9.17, 15) is 0 Å². The molecule has 0 aliphatic carbocycles. The standard InChI is InChI=1S/C22H28ClN7O/c1-15-6-7-16(12-19(15)23)22(25)27-20(26-21(24)28-22)14-29-8-10-30(11-9-29)17-4-3-5-18(13-17)31-2/h3-7,12-13H,8-11,14,25H2,1-2H3,(H3,24,26,27,28). The van der Waals surface area contributed by atoms with Crippen LogP contribution in [0.4, 0.5) is 5.69 Å². The molecule has 2 aliphatic heterocycles. The van der Waals surface area contributed by atoms with Gasteiger partial charge in [-0.3, -0.25) is 10.6 Å². The molecule has 164 valence electrons. The van der Waals surface area contributed by atoms with Crippen LogP contribution in [0.5, 0.6) is 5.75 Å². The normalized spacial score (nSPS) is 21.9. The Bertz CT molecular complexity index is 1020. The summed E-state index contributed by atoms with van der Waals surface area (Å²) in [6.45, 7) is 6.15. The molecule has 9 heteroatoms. The van der Waals surface area contributed by atoms with Crippen LogP contribution < -0.4 is 26.4 Å². The molecule has 2 aromatic rings. The number of halogens is 1. The van der Waals surface area contributed by atoms with Gasteiger partial charge in [0.1, 0.15) is 11.6 Å². The van der Waals surface area contributed by atoms with Crippen LogP contribution in [-0.2, 0) is 5.79 Å². The number of aliphatic imine (C=N–C) groups is 2. The molecule has 0 spiro atoms. The molecule has 1 unspecified atom stereocenters. The lowest BCUT2D eigenvalue weighted by Crippen LogP contribution is -2.54. The van der Waals surface area contributed by atoms with E-state index in [0.717, 1.165) is 37.5 Å². The Balaban J connectivity index is 1.44. The second-order valence-corrected chi connectivity index (χ2v) is 8.24. The van der Waals surface area contributed by atoms with Gasteiger partial charge in [0.25, 0.3) is 0 Å². The largest absolute Gasteiger partial charge is 0.497 e. The molecule has 4 rings (SSSR count). The summed E-state index contributed by atoms with van der Waals surface area (Å²) in [7, 11) is 1.69. The molecule has 1 atom stereocenters. The molecule has 0 aromatic heterocycles. The number of hydrogen-bond donors (Lipinski definition) is 3. The maximum Gasteiger partial charge on any atom is 0.234 e. The minimum absolute atomic E-state index is 0.249. The molecule has 5 N–H and O–H groups in total. The van der Waals surface area contributed by atoms with Crippen LogP contribution >= 0.6 is 11.6 Å². The third-order valence-electron chi connectivity index (χ3n) is 5.63. The summed E-state index contributed by atoms with van der Waals surface area (Å²) in [6.07, 6.45) is 0. The Kier molecular flexibility index (Phi) is 6.04. The van der Waals surface area contributed by atoms with Crippen LogP contribution in [0.1, 0.15) is 11.1 Å². The number of rotatable bonds is 5. The first-order valence-electron chi connectivity index (χ1n) is 10.2. The number of ether oxygens (including phenoxy) is 1. The van der Waals surface area contributed by atoms with E-state index in [1.54, 1.807) is 13.2 Å². The first kappa shape index (κ1) is 21.4. The lowest BCUT2D eigenvalue weighted by Gasteiger charge is -2.37. The van der Waals surface area contributed by atoms with E-state index in [0.29, 0.717) is 23.0 Å². The third kappa shape index (κ3) is 4.76. The lowest BCUT2D eigenvalue weighted by molar-refractivity contribution is 0.288. The fourth-order valence-corrected chi connectivity index (χ4v) is 4.01. The summed E-state index contributed by atoms with van der Waals surface area (Å²) in [5.41, 5.74) is 15.4. The highest BCUT2D eigenvalue weighted by Gasteiger charge is 2.32. The van der Waals surface area contributed by atoms with Gasteiger partial charge < -0.3 is 20.7 Å². The summed E-state index contributed by atoms with van der Waals surface area (Å²) in [5, 5.41) is 3.69. The van der Waals surface area contributed by atoms with E-state index < -0.39 is 5.79 Å². The van der Waals surface area contributed by atoms with E-state index >= 15 is 0 Å². The Morgan fingerprint density at radius 1 is 1.13 bits per heavy atom. The number of benzene rings is 2. The van der Waals surface area contributed by atoms with Crippen LogP contribution in [0.15, 0.2) is 52.4 Å². The van der Waals surface area contributed by atoms with Gasteiger partial charge in [-0.1, -0.05) is 29.8 Å². The number of nitrogens with zero attached hydrogens (tertiary/aromatic N) is 4. The highest BCUT2D eigenvalue weighted by molar-refractivity contribution is 6.31. The van der Waals surface area contributed by atoms with Gasteiger partial charge in [-0.15, -0.1) is 0 Å². The van der Waals surface area contributed by atoms with Gasteiger partial charge in [0.2, 0.25) is 5.79 Å². The van der Waals surface area contributed by atoms with E-state index in [1.807, 2.05) is 31.2 Å². The average molecular weight is 442 g/mol. The fourth-order valence-electron chi connectivity index (χ4n) is 3.83. The molecule has 8 nitrogen and oxygen atoms in total. The summed E-state index contributed by atoms with van der Waals surface area (Å²) < 4.78 is 5.34. The minimum atomic E-state index is -1.29. The molecule has 1 saturated heterocycles. The first-order chi connectivity index (χ1) is 14.9. The van der Waals surface area contributed by atoms with Gasteiger partial charge in [0, 0.05) is 48.5 Å². The fraction of sp³-hybridized carbons (Fsp3) is 0.364. The van der Waals surface area contributed by atoms with Gasteiger partial charge in [0.15, 0.2) is 5.96 Å². The van der Waals surface area contributed by atoms with Gasteiger partial charge in [-0.05, 0) is 30.7 Å². The predicted octanol–water partition coefficient (Wildman–Crippen LogP) is 1.86. The molecule has 2 heterocycles. The predicted molar refractivity (Wildman–Crippen MR) is 126 cm³/mol. The number of piperazine rings is 1. The second kappa shape index (κ2) is 8.74. The third-order valence-corrected chi connectivity index (χ3v) is 6.04. The SMILES string of the molecule is COc1cccc(N2CCN(CC3=NC(N)(c4ccc(C)c(Cl)c4)N=C(N)N3)CC2)c1.